The van der Waals surface area contributed by atoms with Gasteiger partial charge in [0.2, 0.25) is 17.6 Å². The van der Waals surface area contributed by atoms with E-state index >= 15 is 0 Å². The Morgan fingerprint density at radius 2 is 2.00 bits per heavy atom. The maximum absolute atomic E-state index is 12.7. The monoisotopic (exact) mass is 406 g/mol. The molecular formula is C23H26N4O3. The summed E-state index contributed by atoms with van der Waals surface area (Å²) >= 11 is 0. The molecule has 7 nitrogen and oxygen atoms in total. The Labute approximate surface area is 176 Å². The summed E-state index contributed by atoms with van der Waals surface area (Å²) in [5.41, 5.74) is 1.71. The van der Waals surface area contributed by atoms with Crippen LogP contribution in [0.3, 0.4) is 0 Å². The Morgan fingerprint density at radius 1 is 1.20 bits per heavy atom. The van der Waals surface area contributed by atoms with E-state index in [2.05, 4.69) is 20.4 Å². The van der Waals surface area contributed by atoms with Crippen molar-refractivity contribution in [3.8, 4) is 17.1 Å². The molecule has 4 rings (SSSR count). The van der Waals surface area contributed by atoms with Gasteiger partial charge in [-0.1, -0.05) is 35.5 Å². The van der Waals surface area contributed by atoms with E-state index in [9.17, 15) is 4.79 Å². The fraction of sp³-hybridized carbons (Fsp3) is 0.348. The van der Waals surface area contributed by atoms with Crippen molar-refractivity contribution in [2.75, 3.05) is 25.0 Å². The van der Waals surface area contributed by atoms with E-state index < -0.39 is 0 Å². The van der Waals surface area contributed by atoms with Crippen LogP contribution in [0.2, 0.25) is 0 Å². The van der Waals surface area contributed by atoms with Gasteiger partial charge in [0.1, 0.15) is 5.75 Å². The molecule has 1 aromatic heterocycles. The van der Waals surface area contributed by atoms with Gasteiger partial charge in [0.25, 0.3) is 0 Å². The van der Waals surface area contributed by atoms with Gasteiger partial charge in [0.05, 0.1) is 19.1 Å². The normalized spacial score (nSPS) is 16.9. The quantitative estimate of drug-likeness (QED) is 0.639. The third-order valence-electron chi connectivity index (χ3n) is 5.17. The van der Waals surface area contributed by atoms with Crippen LogP contribution in [0.25, 0.3) is 11.4 Å². The number of amides is 1. The van der Waals surface area contributed by atoms with Crippen molar-refractivity contribution < 1.29 is 14.1 Å². The first-order chi connectivity index (χ1) is 14.7. The molecule has 1 unspecified atom stereocenters. The van der Waals surface area contributed by atoms with E-state index in [1.165, 1.54) is 0 Å². The predicted molar refractivity (Wildman–Crippen MR) is 114 cm³/mol. The van der Waals surface area contributed by atoms with Gasteiger partial charge in [0.15, 0.2) is 0 Å². The van der Waals surface area contributed by atoms with Crippen molar-refractivity contribution in [3.63, 3.8) is 0 Å². The van der Waals surface area contributed by atoms with Gasteiger partial charge in [-0.25, -0.2) is 0 Å². The number of carbonyl (C=O) groups is 1. The summed E-state index contributed by atoms with van der Waals surface area (Å²) in [5, 5.41) is 7.10. The number of piperidine rings is 1. The maximum Gasteiger partial charge on any atom is 0.241 e. The number of benzene rings is 2. The van der Waals surface area contributed by atoms with Crippen molar-refractivity contribution >= 4 is 11.6 Å². The van der Waals surface area contributed by atoms with Gasteiger partial charge in [0, 0.05) is 17.8 Å². The number of carbonyl (C=O) groups excluding carboxylic acids is 1. The van der Waals surface area contributed by atoms with Gasteiger partial charge >= 0.3 is 0 Å². The average molecular weight is 406 g/mol. The SMILES string of the molecule is CCOc1ccc(NC(=O)C2CCCN(Cc3nc(-c4ccccc4)no3)C2)cc1. The Morgan fingerprint density at radius 3 is 2.77 bits per heavy atom. The van der Waals surface area contributed by atoms with Crippen molar-refractivity contribution in [1.29, 1.82) is 0 Å². The van der Waals surface area contributed by atoms with Gasteiger partial charge in [-0.05, 0) is 50.6 Å². The van der Waals surface area contributed by atoms with Crippen LogP contribution < -0.4 is 10.1 Å². The first kappa shape index (κ1) is 20.1. The topological polar surface area (TPSA) is 80.5 Å². The average Bonchev–Trinajstić information content (AvgIpc) is 3.24. The zero-order valence-electron chi connectivity index (χ0n) is 17.1. The highest BCUT2D eigenvalue weighted by Crippen LogP contribution is 2.22. The zero-order chi connectivity index (χ0) is 20.8. The minimum atomic E-state index is -0.0677. The molecule has 1 saturated heterocycles. The molecule has 2 heterocycles. The first-order valence-electron chi connectivity index (χ1n) is 10.4. The van der Waals surface area contributed by atoms with E-state index in [1.54, 1.807) is 0 Å². The third kappa shape index (κ3) is 5.04. The molecular weight excluding hydrogens is 380 g/mol. The lowest BCUT2D eigenvalue weighted by Gasteiger charge is -2.30. The Hall–Kier alpha value is -3.19. The van der Waals surface area contributed by atoms with Crippen LogP contribution in [-0.2, 0) is 11.3 Å². The molecule has 0 aliphatic carbocycles. The molecule has 0 radical (unpaired) electrons. The summed E-state index contributed by atoms with van der Waals surface area (Å²) in [5.74, 6) is 1.93. The third-order valence-corrected chi connectivity index (χ3v) is 5.17. The van der Waals surface area contributed by atoms with Crippen molar-refractivity contribution in [3.05, 3.63) is 60.5 Å². The zero-order valence-corrected chi connectivity index (χ0v) is 17.1. The lowest BCUT2D eigenvalue weighted by molar-refractivity contribution is -0.121. The fourth-order valence-electron chi connectivity index (χ4n) is 3.67. The van der Waals surface area contributed by atoms with Crippen molar-refractivity contribution in [2.24, 2.45) is 5.92 Å². The highest BCUT2D eigenvalue weighted by Gasteiger charge is 2.27. The van der Waals surface area contributed by atoms with Gasteiger partial charge < -0.3 is 14.6 Å². The lowest BCUT2D eigenvalue weighted by Crippen LogP contribution is -2.40. The smallest absolute Gasteiger partial charge is 0.241 e. The number of likely N-dealkylation sites (tertiary alicyclic amines) is 1. The number of hydrogen-bond acceptors (Lipinski definition) is 6. The molecule has 0 bridgehead atoms. The summed E-state index contributed by atoms with van der Waals surface area (Å²) in [7, 11) is 0. The fourth-order valence-corrected chi connectivity index (χ4v) is 3.67. The van der Waals surface area contributed by atoms with Crippen LogP contribution in [0.5, 0.6) is 5.75 Å². The van der Waals surface area contributed by atoms with Gasteiger partial charge in [-0.2, -0.15) is 4.98 Å². The first-order valence-corrected chi connectivity index (χ1v) is 10.4. The molecule has 1 aliphatic rings. The maximum atomic E-state index is 12.7. The lowest BCUT2D eigenvalue weighted by atomic mass is 9.97. The molecule has 30 heavy (non-hydrogen) atoms. The van der Waals surface area contributed by atoms with Crippen LogP contribution >= 0.6 is 0 Å². The highest BCUT2D eigenvalue weighted by atomic mass is 16.5. The molecule has 7 heteroatoms. The molecule has 0 saturated carbocycles. The molecule has 2 aromatic carbocycles. The molecule has 1 amide bonds. The highest BCUT2D eigenvalue weighted by molar-refractivity contribution is 5.92. The second kappa shape index (κ2) is 9.54. The Balaban J connectivity index is 1.33. The number of rotatable bonds is 7. The number of aromatic nitrogens is 2. The van der Waals surface area contributed by atoms with Crippen LogP contribution in [-0.4, -0.2) is 40.6 Å². The van der Waals surface area contributed by atoms with Crippen LogP contribution in [0, 0.1) is 5.92 Å². The van der Waals surface area contributed by atoms with E-state index in [4.69, 9.17) is 9.26 Å². The standard InChI is InChI=1S/C23H26N4O3/c1-2-29-20-12-10-19(11-13-20)24-23(28)18-9-6-14-27(15-18)16-21-25-22(26-30-21)17-7-4-3-5-8-17/h3-5,7-8,10-13,18H,2,6,9,14-16H2,1H3,(H,24,28). The molecule has 1 fully saturated rings. The molecule has 3 aromatic rings. The molecule has 1 aliphatic heterocycles. The number of nitrogens with one attached hydrogen (secondary N) is 1. The predicted octanol–water partition coefficient (Wildman–Crippen LogP) is 3.99. The second-order valence-electron chi connectivity index (χ2n) is 7.40. The van der Waals surface area contributed by atoms with E-state index in [1.807, 2.05) is 61.5 Å². The Bertz CT molecular complexity index is 956. The summed E-state index contributed by atoms with van der Waals surface area (Å²) < 4.78 is 10.9. The van der Waals surface area contributed by atoms with Crippen LogP contribution in [0.4, 0.5) is 5.69 Å². The van der Waals surface area contributed by atoms with Crippen LogP contribution in [0.1, 0.15) is 25.7 Å². The van der Waals surface area contributed by atoms with E-state index in [0.29, 0.717) is 31.4 Å². The van der Waals surface area contributed by atoms with E-state index in [-0.39, 0.29) is 11.8 Å². The molecule has 1 N–H and O–H groups in total. The summed E-state index contributed by atoms with van der Waals surface area (Å²) in [6, 6.07) is 17.2. The minimum absolute atomic E-state index is 0.0411. The van der Waals surface area contributed by atoms with E-state index in [0.717, 1.165) is 36.4 Å². The number of hydrogen-bond donors (Lipinski definition) is 1. The van der Waals surface area contributed by atoms with Crippen LogP contribution in [0.15, 0.2) is 59.1 Å². The molecule has 1 atom stereocenters. The minimum Gasteiger partial charge on any atom is -0.494 e. The summed E-state index contributed by atoms with van der Waals surface area (Å²) in [6.07, 6.45) is 1.83. The molecule has 156 valence electrons. The number of anilines is 1. The largest absolute Gasteiger partial charge is 0.494 e. The second-order valence-corrected chi connectivity index (χ2v) is 7.40. The Kier molecular flexibility index (Phi) is 6.39. The van der Waals surface area contributed by atoms with Crippen molar-refractivity contribution in [1.82, 2.24) is 15.0 Å². The van der Waals surface area contributed by atoms with Gasteiger partial charge in [-0.3, -0.25) is 9.69 Å². The summed E-state index contributed by atoms with van der Waals surface area (Å²) in [4.78, 5) is 19.5. The summed E-state index contributed by atoms with van der Waals surface area (Å²) in [6.45, 7) is 4.70. The number of nitrogens with zero attached hydrogens (tertiary/aromatic N) is 3. The molecule has 0 spiro atoms. The van der Waals surface area contributed by atoms with Crippen molar-refractivity contribution in [2.45, 2.75) is 26.3 Å². The number of ether oxygens (including phenoxy) is 1. The van der Waals surface area contributed by atoms with Gasteiger partial charge in [-0.15, -0.1) is 0 Å².